The average molecular weight is 500 g/mol. The van der Waals surface area contributed by atoms with E-state index in [2.05, 4.69) is 22.9 Å². The second-order valence-corrected chi connectivity index (χ2v) is 9.74. The van der Waals surface area contributed by atoms with Crippen molar-refractivity contribution in [1.82, 2.24) is 10.6 Å². The van der Waals surface area contributed by atoms with E-state index >= 15 is 0 Å². The van der Waals surface area contributed by atoms with E-state index in [9.17, 15) is 14.4 Å². The number of anilines is 1. The van der Waals surface area contributed by atoms with Crippen molar-refractivity contribution in [2.45, 2.75) is 65.5 Å². The first-order chi connectivity index (χ1) is 17.6. The molecule has 0 saturated carbocycles. The molecular formula is C31H37N3O3. The highest BCUT2D eigenvalue weighted by molar-refractivity contribution is 6.05. The highest BCUT2D eigenvalue weighted by Gasteiger charge is 2.26. The summed E-state index contributed by atoms with van der Waals surface area (Å²) < 4.78 is 0. The number of nitrogens with one attached hydrogen (secondary N) is 3. The standard InChI is InChI=1S/C31H37N3O3/c1-6-18-31(5,34-22(4)35)27-14-16-28(17-15-27)33-30(37)26-13-9-11-24(20-26)23-10-8-12-25(19-23)29(36)32-21(3)7-2/h8-17,19-21H,6-7,18H2,1-5H3,(H,32,36)(H,33,37)(H,34,35). The predicted octanol–water partition coefficient (Wildman–Crippen LogP) is 6.29. The second-order valence-electron chi connectivity index (χ2n) is 9.74. The molecule has 0 aliphatic heterocycles. The maximum absolute atomic E-state index is 13.0. The van der Waals surface area contributed by atoms with Gasteiger partial charge in [0.1, 0.15) is 0 Å². The number of hydrogen-bond donors (Lipinski definition) is 3. The summed E-state index contributed by atoms with van der Waals surface area (Å²) in [6.07, 6.45) is 2.60. The van der Waals surface area contributed by atoms with Crippen LogP contribution in [0.25, 0.3) is 11.1 Å². The van der Waals surface area contributed by atoms with E-state index in [1.165, 1.54) is 6.92 Å². The molecule has 3 aromatic carbocycles. The molecule has 194 valence electrons. The van der Waals surface area contributed by atoms with Crippen LogP contribution in [0.4, 0.5) is 5.69 Å². The Kier molecular flexibility index (Phi) is 9.23. The third-order valence-corrected chi connectivity index (χ3v) is 6.55. The van der Waals surface area contributed by atoms with Gasteiger partial charge in [-0.1, -0.05) is 56.7 Å². The van der Waals surface area contributed by atoms with Crippen LogP contribution in [0.3, 0.4) is 0 Å². The number of carbonyl (C=O) groups excluding carboxylic acids is 3. The Labute approximate surface area is 219 Å². The van der Waals surface area contributed by atoms with Crippen LogP contribution < -0.4 is 16.0 Å². The van der Waals surface area contributed by atoms with Crippen LogP contribution in [-0.2, 0) is 10.3 Å². The van der Waals surface area contributed by atoms with Crippen LogP contribution in [0.5, 0.6) is 0 Å². The summed E-state index contributed by atoms with van der Waals surface area (Å²) >= 11 is 0. The molecule has 37 heavy (non-hydrogen) atoms. The molecule has 3 amide bonds. The van der Waals surface area contributed by atoms with Gasteiger partial charge in [-0.15, -0.1) is 0 Å². The van der Waals surface area contributed by atoms with E-state index in [0.29, 0.717) is 16.8 Å². The fourth-order valence-electron chi connectivity index (χ4n) is 4.38. The number of rotatable bonds is 10. The van der Waals surface area contributed by atoms with E-state index in [1.807, 2.05) is 81.4 Å². The van der Waals surface area contributed by atoms with E-state index in [-0.39, 0.29) is 23.8 Å². The topological polar surface area (TPSA) is 87.3 Å². The van der Waals surface area contributed by atoms with Gasteiger partial charge in [-0.05, 0) is 79.8 Å². The Balaban J connectivity index is 1.76. The summed E-state index contributed by atoms with van der Waals surface area (Å²) in [5.74, 6) is -0.407. The number of amides is 3. The summed E-state index contributed by atoms with van der Waals surface area (Å²) in [6, 6.07) is 22.4. The maximum atomic E-state index is 13.0. The van der Waals surface area contributed by atoms with Gasteiger partial charge in [0.2, 0.25) is 5.91 Å². The van der Waals surface area contributed by atoms with Crippen molar-refractivity contribution >= 4 is 23.4 Å². The van der Waals surface area contributed by atoms with Crippen molar-refractivity contribution in [2.75, 3.05) is 5.32 Å². The molecule has 0 fully saturated rings. The van der Waals surface area contributed by atoms with Gasteiger partial charge in [-0.2, -0.15) is 0 Å². The third-order valence-electron chi connectivity index (χ3n) is 6.55. The van der Waals surface area contributed by atoms with E-state index in [0.717, 1.165) is 36.0 Å². The van der Waals surface area contributed by atoms with Crippen LogP contribution in [-0.4, -0.2) is 23.8 Å². The third kappa shape index (κ3) is 7.29. The molecule has 0 aliphatic rings. The fraction of sp³-hybridized carbons (Fsp3) is 0.323. The highest BCUT2D eigenvalue weighted by atomic mass is 16.2. The summed E-state index contributed by atoms with van der Waals surface area (Å²) in [6.45, 7) is 9.63. The van der Waals surface area contributed by atoms with Crippen LogP contribution in [0, 0.1) is 0 Å². The molecule has 0 bridgehead atoms. The highest BCUT2D eigenvalue weighted by Crippen LogP contribution is 2.28. The second kappa shape index (κ2) is 12.3. The van der Waals surface area contributed by atoms with Crippen molar-refractivity contribution in [3.63, 3.8) is 0 Å². The zero-order valence-corrected chi connectivity index (χ0v) is 22.4. The van der Waals surface area contributed by atoms with Crippen molar-refractivity contribution in [1.29, 1.82) is 0 Å². The Morgan fingerprint density at radius 1 is 0.838 bits per heavy atom. The molecule has 0 aromatic heterocycles. The Bertz CT molecular complexity index is 1250. The van der Waals surface area contributed by atoms with Gasteiger partial charge < -0.3 is 16.0 Å². The molecular weight excluding hydrogens is 462 g/mol. The molecule has 6 heteroatoms. The lowest BCUT2D eigenvalue weighted by Crippen LogP contribution is -2.42. The van der Waals surface area contributed by atoms with Gasteiger partial charge in [0.25, 0.3) is 11.8 Å². The molecule has 0 radical (unpaired) electrons. The molecule has 0 heterocycles. The predicted molar refractivity (Wildman–Crippen MR) is 150 cm³/mol. The van der Waals surface area contributed by atoms with Gasteiger partial charge >= 0.3 is 0 Å². The summed E-state index contributed by atoms with van der Waals surface area (Å²) in [7, 11) is 0. The minimum Gasteiger partial charge on any atom is -0.350 e. The first-order valence-corrected chi connectivity index (χ1v) is 12.9. The fourth-order valence-corrected chi connectivity index (χ4v) is 4.38. The zero-order valence-electron chi connectivity index (χ0n) is 22.4. The SMILES string of the molecule is CCCC(C)(NC(C)=O)c1ccc(NC(=O)c2cccc(-c3cccc(C(=O)NC(C)CC)c3)c2)cc1. The molecule has 3 aromatic rings. The number of carbonyl (C=O) groups is 3. The van der Waals surface area contributed by atoms with Crippen LogP contribution >= 0.6 is 0 Å². The molecule has 2 unspecified atom stereocenters. The van der Waals surface area contributed by atoms with Crippen LogP contribution in [0.2, 0.25) is 0 Å². The maximum Gasteiger partial charge on any atom is 0.255 e. The number of hydrogen-bond acceptors (Lipinski definition) is 3. The lowest BCUT2D eigenvalue weighted by Gasteiger charge is -2.31. The van der Waals surface area contributed by atoms with Crippen LogP contribution in [0.1, 0.15) is 80.2 Å². The molecule has 0 spiro atoms. The lowest BCUT2D eigenvalue weighted by atomic mass is 9.87. The molecule has 0 saturated heterocycles. The molecule has 6 nitrogen and oxygen atoms in total. The molecule has 0 aliphatic carbocycles. The quantitative estimate of drug-likeness (QED) is 0.307. The van der Waals surface area contributed by atoms with Crippen molar-refractivity contribution < 1.29 is 14.4 Å². The van der Waals surface area contributed by atoms with Crippen molar-refractivity contribution in [3.8, 4) is 11.1 Å². The van der Waals surface area contributed by atoms with Gasteiger partial charge in [-0.25, -0.2) is 0 Å². The molecule has 3 rings (SSSR count). The first kappa shape index (κ1) is 27.7. The Hall–Kier alpha value is -3.93. The monoisotopic (exact) mass is 499 g/mol. The van der Waals surface area contributed by atoms with Crippen molar-refractivity contribution in [3.05, 3.63) is 89.5 Å². The smallest absolute Gasteiger partial charge is 0.255 e. The minimum absolute atomic E-state index is 0.0742. The number of benzene rings is 3. The van der Waals surface area contributed by atoms with E-state index in [4.69, 9.17) is 0 Å². The average Bonchev–Trinajstić information content (AvgIpc) is 2.88. The normalized spacial score (nSPS) is 13.2. The van der Waals surface area contributed by atoms with Gasteiger partial charge in [0.05, 0.1) is 5.54 Å². The van der Waals surface area contributed by atoms with E-state index in [1.54, 1.807) is 12.1 Å². The lowest BCUT2D eigenvalue weighted by molar-refractivity contribution is -0.120. The molecule has 3 N–H and O–H groups in total. The summed E-state index contributed by atoms with van der Waals surface area (Å²) in [5, 5.41) is 9.00. The first-order valence-electron chi connectivity index (χ1n) is 12.9. The van der Waals surface area contributed by atoms with Gasteiger partial charge in [0, 0.05) is 29.8 Å². The summed E-state index contributed by atoms with van der Waals surface area (Å²) in [4.78, 5) is 37.3. The largest absolute Gasteiger partial charge is 0.350 e. The Morgan fingerprint density at radius 3 is 1.92 bits per heavy atom. The van der Waals surface area contributed by atoms with Gasteiger partial charge in [-0.3, -0.25) is 14.4 Å². The minimum atomic E-state index is -0.461. The van der Waals surface area contributed by atoms with E-state index < -0.39 is 5.54 Å². The Morgan fingerprint density at radius 2 is 1.41 bits per heavy atom. The van der Waals surface area contributed by atoms with Crippen molar-refractivity contribution in [2.24, 2.45) is 0 Å². The zero-order chi connectivity index (χ0) is 27.0. The van der Waals surface area contributed by atoms with Gasteiger partial charge in [0.15, 0.2) is 0 Å². The van der Waals surface area contributed by atoms with Crippen LogP contribution in [0.15, 0.2) is 72.8 Å². The summed E-state index contributed by atoms with van der Waals surface area (Å²) in [5.41, 5.74) is 4.02. The molecule has 2 atom stereocenters.